The fourth-order valence-corrected chi connectivity index (χ4v) is 3.85. The first-order chi connectivity index (χ1) is 13.2. The summed E-state index contributed by atoms with van der Waals surface area (Å²) in [5.41, 5.74) is 5.59. The van der Waals surface area contributed by atoms with E-state index < -0.39 is 15.9 Å². The highest BCUT2D eigenvalue weighted by Crippen LogP contribution is 2.29. The Morgan fingerprint density at radius 1 is 1.11 bits per heavy atom. The highest BCUT2D eigenvalue weighted by molar-refractivity contribution is 14.1. The van der Waals surface area contributed by atoms with E-state index in [9.17, 15) is 13.2 Å². The third-order valence-electron chi connectivity index (χ3n) is 3.53. The Balaban J connectivity index is 1.90. The van der Waals surface area contributed by atoms with Crippen LogP contribution in [-0.4, -0.2) is 19.3 Å². The number of primary amides is 1. The van der Waals surface area contributed by atoms with Crippen molar-refractivity contribution in [2.24, 2.45) is 5.73 Å². The molecule has 1 heterocycles. The molecule has 0 saturated carbocycles. The maximum atomic E-state index is 12.5. The number of pyridine rings is 1. The number of carbonyl (C=O) groups excluding carboxylic acids is 1. The molecule has 3 N–H and O–H groups in total. The monoisotopic (exact) mass is 529 g/mol. The highest BCUT2D eigenvalue weighted by atomic mass is 127. The number of nitrogens with zero attached hydrogens (tertiary/aromatic N) is 1. The number of sulfonamides is 1. The number of anilines is 1. The van der Waals surface area contributed by atoms with E-state index in [1.165, 1.54) is 48.8 Å². The van der Waals surface area contributed by atoms with Crippen LogP contribution in [0.4, 0.5) is 5.69 Å². The lowest BCUT2D eigenvalue weighted by molar-refractivity contribution is 0.0998. The quantitative estimate of drug-likeness (QED) is 0.468. The first-order valence-electron chi connectivity index (χ1n) is 7.75. The lowest BCUT2D eigenvalue weighted by atomic mass is 10.1. The van der Waals surface area contributed by atoms with Gasteiger partial charge in [0.2, 0.25) is 0 Å². The number of hydrogen-bond donors (Lipinski definition) is 2. The number of halogens is 2. The second kappa shape index (κ2) is 8.33. The molecule has 3 aromatic rings. The second-order valence-corrected chi connectivity index (χ2v) is 8.94. The van der Waals surface area contributed by atoms with E-state index in [1.54, 1.807) is 12.1 Å². The van der Waals surface area contributed by atoms with Gasteiger partial charge in [0.15, 0.2) is 0 Å². The van der Waals surface area contributed by atoms with Gasteiger partial charge in [-0.15, -0.1) is 0 Å². The van der Waals surface area contributed by atoms with Crippen molar-refractivity contribution in [2.45, 2.75) is 4.90 Å². The van der Waals surface area contributed by atoms with Crippen molar-refractivity contribution in [2.75, 3.05) is 4.72 Å². The van der Waals surface area contributed by atoms with Crippen molar-refractivity contribution < 1.29 is 17.9 Å². The van der Waals surface area contributed by atoms with Gasteiger partial charge in [0.25, 0.3) is 15.9 Å². The molecule has 7 nitrogen and oxygen atoms in total. The average molecular weight is 530 g/mol. The Labute approximate surface area is 180 Å². The standard InChI is InChI=1S/C18H13ClIN3O4S/c19-11-7-14(10-22-9-11)27-17-6-3-13(8-16(17)18(21)24)23-28(25,26)15-4-1-12(20)2-5-15/h1-10,23H,(H2,21,24). The number of benzene rings is 2. The minimum absolute atomic E-state index is 0.00258. The summed E-state index contributed by atoms with van der Waals surface area (Å²) in [7, 11) is -3.82. The molecular formula is C18H13ClIN3O4S. The molecular weight excluding hydrogens is 517 g/mol. The largest absolute Gasteiger partial charge is 0.455 e. The molecule has 2 aromatic carbocycles. The van der Waals surface area contributed by atoms with Crippen molar-refractivity contribution in [1.29, 1.82) is 0 Å². The number of carbonyl (C=O) groups is 1. The van der Waals surface area contributed by atoms with Gasteiger partial charge < -0.3 is 10.5 Å². The first kappa shape index (κ1) is 20.4. The van der Waals surface area contributed by atoms with E-state index in [-0.39, 0.29) is 21.9 Å². The molecule has 1 amide bonds. The van der Waals surface area contributed by atoms with Crippen LogP contribution >= 0.6 is 34.2 Å². The number of amides is 1. The summed E-state index contributed by atoms with van der Waals surface area (Å²) < 4.78 is 34.0. The van der Waals surface area contributed by atoms with Crippen LogP contribution in [0.1, 0.15) is 10.4 Å². The summed E-state index contributed by atoms with van der Waals surface area (Å²) in [5.74, 6) is -0.323. The van der Waals surface area contributed by atoms with Crippen molar-refractivity contribution >= 4 is 55.8 Å². The van der Waals surface area contributed by atoms with E-state index in [2.05, 4.69) is 32.3 Å². The molecule has 0 unspecified atom stereocenters. The maximum absolute atomic E-state index is 12.5. The Morgan fingerprint density at radius 3 is 2.46 bits per heavy atom. The molecule has 0 aliphatic carbocycles. The fraction of sp³-hybridized carbons (Fsp3) is 0. The molecule has 0 spiro atoms. The molecule has 3 rings (SSSR count). The molecule has 0 aliphatic heterocycles. The van der Waals surface area contributed by atoms with Crippen molar-refractivity contribution in [3.63, 3.8) is 0 Å². The average Bonchev–Trinajstić information content (AvgIpc) is 2.63. The summed E-state index contributed by atoms with van der Waals surface area (Å²) in [5, 5.41) is 0.361. The van der Waals surface area contributed by atoms with Crippen LogP contribution < -0.4 is 15.2 Å². The van der Waals surface area contributed by atoms with E-state index in [1.807, 2.05) is 0 Å². The first-order valence-corrected chi connectivity index (χ1v) is 10.7. The number of aromatic nitrogens is 1. The smallest absolute Gasteiger partial charge is 0.261 e. The van der Waals surface area contributed by atoms with Crippen LogP contribution in [0, 0.1) is 3.57 Å². The van der Waals surface area contributed by atoms with Crippen LogP contribution in [-0.2, 0) is 10.0 Å². The summed E-state index contributed by atoms with van der Waals surface area (Å²) in [4.78, 5) is 15.8. The minimum Gasteiger partial charge on any atom is -0.455 e. The molecule has 0 bridgehead atoms. The SMILES string of the molecule is NC(=O)c1cc(NS(=O)(=O)c2ccc(I)cc2)ccc1Oc1cncc(Cl)c1. The van der Waals surface area contributed by atoms with Gasteiger partial charge in [-0.25, -0.2) is 8.42 Å². The molecule has 0 saturated heterocycles. The van der Waals surface area contributed by atoms with Crippen LogP contribution in [0.25, 0.3) is 0 Å². The van der Waals surface area contributed by atoms with Gasteiger partial charge in [0, 0.05) is 21.5 Å². The highest BCUT2D eigenvalue weighted by Gasteiger charge is 2.17. The number of ether oxygens (including phenoxy) is 1. The third kappa shape index (κ3) is 4.91. The Kier molecular flexibility index (Phi) is 6.06. The molecule has 0 aliphatic rings. The van der Waals surface area contributed by atoms with E-state index in [4.69, 9.17) is 22.1 Å². The van der Waals surface area contributed by atoms with Gasteiger partial charge in [-0.1, -0.05) is 11.6 Å². The molecule has 10 heteroatoms. The Morgan fingerprint density at radius 2 is 1.82 bits per heavy atom. The predicted octanol–water partition coefficient (Wildman–Crippen LogP) is 4.03. The van der Waals surface area contributed by atoms with Crippen molar-refractivity contribution in [1.82, 2.24) is 4.98 Å². The zero-order chi connectivity index (χ0) is 20.3. The van der Waals surface area contributed by atoms with E-state index >= 15 is 0 Å². The molecule has 28 heavy (non-hydrogen) atoms. The molecule has 144 valence electrons. The lowest BCUT2D eigenvalue weighted by Crippen LogP contribution is -2.16. The normalized spacial score (nSPS) is 11.1. The zero-order valence-corrected chi connectivity index (χ0v) is 17.8. The van der Waals surface area contributed by atoms with Gasteiger partial charge in [-0.05, 0) is 65.1 Å². The minimum atomic E-state index is -3.82. The topological polar surface area (TPSA) is 111 Å². The number of rotatable bonds is 6. The van der Waals surface area contributed by atoms with E-state index in [0.29, 0.717) is 10.8 Å². The van der Waals surface area contributed by atoms with Crippen LogP contribution in [0.3, 0.4) is 0 Å². The van der Waals surface area contributed by atoms with Crippen molar-refractivity contribution in [3.05, 3.63) is 75.1 Å². The van der Waals surface area contributed by atoms with Crippen LogP contribution in [0.2, 0.25) is 5.02 Å². The molecule has 0 fully saturated rings. The molecule has 0 radical (unpaired) electrons. The molecule has 0 atom stereocenters. The summed E-state index contributed by atoms with van der Waals surface area (Å²) in [6.45, 7) is 0. The van der Waals surface area contributed by atoms with Gasteiger partial charge >= 0.3 is 0 Å². The second-order valence-electron chi connectivity index (χ2n) is 5.58. The lowest BCUT2D eigenvalue weighted by Gasteiger charge is -2.13. The van der Waals surface area contributed by atoms with Gasteiger partial charge in [0.1, 0.15) is 11.5 Å². The van der Waals surface area contributed by atoms with Gasteiger partial charge in [-0.2, -0.15) is 0 Å². The summed E-state index contributed by atoms with van der Waals surface area (Å²) in [6, 6.07) is 12.1. The number of hydrogen-bond acceptors (Lipinski definition) is 5. The number of nitrogens with two attached hydrogens (primary N) is 1. The van der Waals surface area contributed by atoms with Crippen molar-refractivity contribution in [3.8, 4) is 11.5 Å². The zero-order valence-electron chi connectivity index (χ0n) is 14.1. The van der Waals surface area contributed by atoms with Crippen LogP contribution in [0.5, 0.6) is 11.5 Å². The maximum Gasteiger partial charge on any atom is 0.261 e. The molecule has 1 aromatic heterocycles. The Bertz CT molecular complexity index is 1140. The van der Waals surface area contributed by atoms with E-state index in [0.717, 1.165) is 3.57 Å². The summed E-state index contributed by atoms with van der Waals surface area (Å²) >= 11 is 7.95. The van der Waals surface area contributed by atoms with Gasteiger partial charge in [-0.3, -0.25) is 14.5 Å². The fourth-order valence-electron chi connectivity index (χ4n) is 2.28. The van der Waals surface area contributed by atoms with Crippen LogP contribution in [0.15, 0.2) is 65.8 Å². The van der Waals surface area contributed by atoms with Gasteiger partial charge in [0.05, 0.1) is 21.7 Å². The third-order valence-corrected chi connectivity index (χ3v) is 5.85. The predicted molar refractivity (Wildman–Crippen MR) is 114 cm³/mol. The number of nitrogens with one attached hydrogen (secondary N) is 1. The summed E-state index contributed by atoms with van der Waals surface area (Å²) in [6.07, 6.45) is 2.86. The Hall–Kier alpha value is -2.37.